The van der Waals surface area contributed by atoms with Gasteiger partial charge in [-0.2, -0.15) is 0 Å². The maximum absolute atomic E-state index is 13.3. The van der Waals surface area contributed by atoms with E-state index < -0.39 is 47.1 Å². The smallest absolute Gasteiger partial charge is 0.338 e. The van der Waals surface area contributed by atoms with Gasteiger partial charge in [-0.25, -0.2) is 9.59 Å². The minimum absolute atomic E-state index is 0.345. The lowest BCUT2D eigenvalue weighted by atomic mass is 9.85. The number of cyclic esters (lactones) is 1. The number of hydrogen-bond acceptors (Lipinski definition) is 5. The van der Waals surface area contributed by atoms with Crippen molar-refractivity contribution in [1.29, 1.82) is 0 Å². The average molecular weight is 496 g/mol. The maximum atomic E-state index is 13.3. The molecule has 1 aliphatic rings. The first-order valence-corrected chi connectivity index (χ1v) is 12.4. The molecule has 1 amide bonds. The van der Waals surface area contributed by atoms with E-state index in [1.807, 2.05) is 12.1 Å². The highest BCUT2D eigenvalue weighted by Crippen LogP contribution is 2.32. The van der Waals surface area contributed by atoms with Crippen molar-refractivity contribution in [3.05, 3.63) is 59.7 Å². The number of nitrogens with one attached hydrogen (secondary N) is 1. The third kappa shape index (κ3) is 6.72. The second-order valence-corrected chi connectivity index (χ2v) is 11.0. The largest absolute Gasteiger partial charge is 0.480 e. The molecule has 7 heteroatoms. The highest BCUT2D eigenvalue weighted by Gasteiger charge is 2.48. The van der Waals surface area contributed by atoms with Gasteiger partial charge < -0.3 is 19.9 Å². The molecule has 1 heterocycles. The number of aryl methyl sites for hydroxylation is 2. The Bertz CT molecular complexity index is 1100. The number of aliphatic carboxylic acids is 1. The molecule has 2 N–H and O–H groups in total. The Kier molecular flexibility index (Phi) is 8.24. The van der Waals surface area contributed by atoms with Crippen LogP contribution in [0.25, 0.3) is 11.1 Å². The monoisotopic (exact) mass is 495 g/mol. The molecule has 1 aliphatic heterocycles. The number of carboxylic acids is 1. The summed E-state index contributed by atoms with van der Waals surface area (Å²) < 4.78 is 11.1. The molecule has 36 heavy (non-hydrogen) atoms. The van der Waals surface area contributed by atoms with Crippen molar-refractivity contribution in [3.8, 4) is 11.1 Å². The first-order chi connectivity index (χ1) is 16.8. The SMILES string of the molecule is Cc1ccccc1-c1ccc(CCC[C@@H](C(=O)N[C@H](C(=O)O)C(C)(C)C)C2OC(C)(C)OC2=O)cc1. The number of carbonyl (C=O) groups excluding carboxylic acids is 2. The Morgan fingerprint density at radius 1 is 1.08 bits per heavy atom. The van der Waals surface area contributed by atoms with E-state index in [1.165, 1.54) is 11.1 Å². The molecule has 2 aromatic carbocycles. The predicted octanol–water partition coefficient (Wildman–Crippen LogP) is 4.89. The molecule has 3 rings (SSSR count). The molecule has 0 spiro atoms. The van der Waals surface area contributed by atoms with Gasteiger partial charge in [0.15, 0.2) is 6.10 Å². The van der Waals surface area contributed by atoms with Crippen molar-refractivity contribution >= 4 is 17.8 Å². The number of ether oxygens (including phenoxy) is 2. The van der Waals surface area contributed by atoms with Gasteiger partial charge in [-0.15, -0.1) is 0 Å². The van der Waals surface area contributed by atoms with Gasteiger partial charge in [0, 0.05) is 13.8 Å². The van der Waals surface area contributed by atoms with Crippen LogP contribution in [0.15, 0.2) is 48.5 Å². The minimum Gasteiger partial charge on any atom is -0.480 e. The van der Waals surface area contributed by atoms with Crippen LogP contribution in [0, 0.1) is 18.3 Å². The fourth-order valence-electron chi connectivity index (χ4n) is 4.52. The first-order valence-electron chi connectivity index (χ1n) is 12.4. The summed E-state index contributed by atoms with van der Waals surface area (Å²) in [6.07, 6.45) is 0.572. The summed E-state index contributed by atoms with van der Waals surface area (Å²) in [6.45, 7) is 10.5. The standard InChI is InChI=1S/C29H37NO6/c1-18-10-7-8-12-21(18)20-16-14-19(15-17-20)11-9-13-22(23-27(34)36-29(5,6)35-23)25(31)30-24(26(32)33)28(2,3)4/h7-8,10,12,14-17,22-24H,9,11,13H2,1-6H3,(H,30,31)(H,32,33)/t22-,23?,24-/m1/s1. The summed E-state index contributed by atoms with van der Waals surface area (Å²) in [5, 5.41) is 12.3. The number of hydrogen-bond donors (Lipinski definition) is 2. The molecule has 1 saturated heterocycles. The first kappa shape index (κ1) is 27.4. The zero-order chi connectivity index (χ0) is 26.7. The van der Waals surface area contributed by atoms with Crippen LogP contribution in [0.1, 0.15) is 58.6 Å². The molecule has 0 bridgehead atoms. The zero-order valence-electron chi connectivity index (χ0n) is 22.0. The summed E-state index contributed by atoms with van der Waals surface area (Å²) in [7, 11) is 0. The van der Waals surface area contributed by atoms with E-state index in [-0.39, 0.29) is 0 Å². The van der Waals surface area contributed by atoms with Crippen LogP contribution < -0.4 is 5.32 Å². The maximum Gasteiger partial charge on any atom is 0.338 e. The number of benzene rings is 2. The molecule has 7 nitrogen and oxygen atoms in total. The van der Waals surface area contributed by atoms with E-state index in [2.05, 4.69) is 48.6 Å². The quantitative estimate of drug-likeness (QED) is 0.480. The molecule has 0 saturated carbocycles. The lowest BCUT2D eigenvalue weighted by molar-refractivity contribution is -0.162. The van der Waals surface area contributed by atoms with Crippen LogP contribution in [-0.4, -0.2) is 40.9 Å². The minimum atomic E-state index is -1.14. The Morgan fingerprint density at radius 3 is 2.25 bits per heavy atom. The van der Waals surface area contributed by atoms with Crippen molar-refractivity contribution in [3.63, 3.8) is 0 Å². The van der Waals surface area contributed by atoms with E-state index in [0.717, 1.165) is 11.1 Å². The normalized spacial score (nSPS) is 18.8. The van der Waals surface area contributed by atoms with E-state index >= 15 is 0 Å². The van der Waals surface area contributed by atoms with Gasteiger partial charge in [-0.3, -0.25) is 4.79 Å². The average Bonchev–Trinajstić information content (AvgIpc) is 3.06. The van der Waals surface area contributed by atoms with Gasteiger partial charge >= 0.3 is 11.9 Å². The molecule has 1 fully saturated rings. The summed E-state index contributed by atoms with van der Waals surface area (Å²) in [6, 6.07) is 15.4. The molecule has 0 aromatic heterocycles. The topological polar surface area (TPSA) is 102 Å². The van der Waals surface area contributed by atoms with Gasteiger partial charge in [-0.05, 0) is 53.9 Å². The number of carbonyl (C=O) groups is 3. The van der Waals surface area contributed by atoms with Crippen LogP contribution in [0.5, 0.6) is 0 Å². The summed E-state index contributed by atoms with van der Waals surface area (Å²) >= 11 is 0. The van der Waals surface area contributed by atoms with Crippen LogP contribution in [0.3, 0.4) is 0 Å². The van der Waals surface area contributed by atoms with Crippen LogP contribution in [0.4, 0.5) is 0 Å². The number of esters is 1. The summed E-state index contributed by atoms with van der Waals surface area (Å²) in [4.78, 5) is 37.6. The number of amides is 1. The van der Waals surface area contributed by atoms with Gasteiger partial charge in [0.1, 0.15) is 6.04 Å². The van der Waals surface area contributed by atoms with E-state index in [1.54, 1.807) is 34.6 Å². The number of rotatable bonds is 9. The van der Waals surface area contributed by atoms with Crippen molar-refractivity contribution in [2.24, 2.45) is 11.3 Å². The predicted molar refractivity (Wildman–Crippen MR) is 137 cm³/mol. The van der Waals surface area contributed by atoms with E-state index in [0.29, 0.717) is 19.3 Å². The molecule has 2 aromatic rings. The third-order valence-corrected chi connectivity index (χ3v) is 6.48. The second-order valence-electron chi connectivity index (χ2n) is 11.0. The summed E-state index contributed by atoms with van der Waals surface area (Å²) in [5.41, 5.74) is 3.94. The van der Waals surface area contributed by atoms with Gasteiger partial charge in [-0.1, -0.05) is 69.3 Å². The van der Waals surface area contributed by atoms with Crippen molar-refractivity contribution in [2.75, 3.05) is 0 Å². The second kappa shape index (κ2) is 10.8. The summed E-state index contributed by atoms with van der Waals surface area (Å²) in [5.74, 6) is -4.26. The Hall–Kier alpha value is -3.19. The van der Waals surface area contributed by atoms with E-state index in [4.69, 9.17) is 9.47 Å². The Balaban J connectivity index is 1.72. The molecule has 0 aliphatic carbocycles. The fraction of sp³-hybridized carbons (Fsp3) is 0.483. The fourth-order valence-corrected chi connectivity index (χ4v) is 4.52. The molecular weight excluding hydrogens is 458 g/mol. The Morgan fingerprint density at radius 2 is 1.72 bits per heavy atom. The lowest BCUT2D eigenvalue weighted by Gasteiger charge is -2.30. The van der Waals surface area contributed by atoms with Crippen molar-refractivity contribution in [1.82, 2.24) is 5.32 Å². The molecule has 3 atom stereocenters. The highest BCUT2D eigenvalue weighted by molar-refractivity contribution is 5.90. The van der Waals surface area contributed by atoms with Gasteiger partial charge in [0.2, 0.25) is 11.7 Å². The van der Waals surface area contributed by atoms with Crippen LogP contribution in [0.2, 0.25) is 0 Å². The van der Waals surface area contributed by atoms with Crippen LogP contribution in [-0.2, 0) is 30.3 Å². The van der Waals surface area contributed by atoms with Gasteiger partial charge in [0.05, 0.1) is 5.92 Å². The van der Waals surface area contributed by atoms with E-state index in [9.17, 15) is 19.5 Å². The molecule has 194 valence electrons. The van der Waals surface area contributed by atoms with Crippen LogP contribution >= 0.6 is 0 Å². The number of carboxylic acid groups (broad SMARTS) is 1. The third-order valence-electron chi connectivity index (χ3n) is 6.48. The van der Waals surface area contributed by atoms with Crippen molar-refractivity contribution < 1.29 is 29.0 Å². The highest BCUT2D eigenvalue weighted by atomic mass is 16.8. The van der Waals surface area contributed by atoms with Crippen molar-refractivity contribution in [2.45, 2.75) is 78.7 Å². The lowest BCUT2D eigenvalue weighted by Crippen LogP contribution is -2.52. The molecule has 0 radical (unpaired) electrons. The Labute approximate surface area is 213 Å². The molecule has 1 unspecified atom stereocenters. The zero-order valence-corrected chi connectivity index (χ0v) is 22.0. The molecular formula is C29H37NO6. The van der Waals surface area contributed by atoms with Gasteiger partial charge in [0.25, 0.3) is 0 Å².